The first kappa shape index (κ1) is 16.0. The quantitative estimate of drug-likeness (QED) is 0.887. The molecule has 0 radical (unpaired) electrons. The molecule has 124 valence electrons. The highest BCUT2D eigenvalue weighted by Crippen LogP contribution is 2.29. The molecule has 1 atom stereocenters. The van der Waals surface area contributed by atoms with Crippen molar-refractivity contribution in [3.05, 3.63) is 35.5 Å². The van der Waals surface area contributed by atoms with Gasteiger partial charge in [0.05, 0.1) is 6.61 Å². The van der Waals surface area contributed by atoms with Crippen LogP contribution >= 0.6 is 0 Å². The summed E-state index contributed by atoms with van der Waals surface area (Å²) in [6, 6.07) is 8.74. The molecule has 5 nitrogen and oxygen atoms in total. The van der Waals surface area contributed by atoms with E-state index in [1.807, 2.05) is 10.6 Å². The standard InChI is InChI=1S/C18H25N3O2/c1-13-16(10-20-9-5-6-14(20)12-23-2)15-7-3-4-8-17(15)21(13)11-18(19)22/h3-4,7-8,14H,5-6,9-12H2,1-2H3,(H2,19,22)/t14-/m1/s1. The first-order chi connectivity index (χ1) is 11.1. The molecule has 0 aliphatic carbocycles. The molecule has 1 saturated heterocycles. The fraction of sp³-hybridized carbons (Fsp3) is 0.500. The highest BCUT2D eigenvalue weighted by atomic mass is 16.5. The Balaban J connectivity index is 1.97. The van der Waals surface area contributed by atoms with E-state index in [1.165, 1.54) is 23.8 Å². The van der Waals surface area contributed by atoms with Gasteiger partial charge in [-0.25, -0.2) is 0 Å². The van der Waals surface area contributed by atoms with Crippen molar-refractivity contribution >= 4 is 16.8 Å². The van der Waals surface area contributed by atoms with Gasteiger partial charge in [0.1, 0.15) is 6.54 Å². The van der Waals surface area contributed by atoms with Crippen molar-refractivity contribution in [1.82, 2.24) is 9.47 Å². The van der Waals surface area contributed by atoms with Gasteiger partial charge in [-0.2, -0.15) is 0 Å². The minimum absolute atomic E-state index is 0.230. The maximum atomic E-state index is 11.4. The SMILES string of the molecule is COC[C@H]1CCCN1Cc1c(C)n(CC(N)=O)c2ccccc12. The van der Waals surface area contributed by atoms with Crippen molar-refractivity contribution in [3.8, 4) is 0 Å². The zero-order chi connectivity index (χ0) is 16.4. The molecule has 0 saturated carbocycles. The first-order valence-electron chi connectivity index (χ1n) is 8.19. The molecule has 1 fully saturated rings. The van der Waals surface area contributed by atoms with Crippen LogP contribution in [0.3, 0.4) is 0 Å². The summed E-state index contributed by atoms with van der Waals surface area (Å²) < 4.78 is 7.40. The van der Waals surface area contributed by atoms with E-state index in [1.54, 1.807) is 7.11 Å². The van der Waals surface area contributed by atoms with Gasteiger partial charge in [0.25, 0.3) is 0 Å². The number of carbonyl (C=O) groups excluding carboxylic acids is 1. The third-order valence-electron chi connectivity index (χ3n) is 4.89. The molecular weight excluding hydrogens is 290 g/mol. The minimum atomic E-state index is -0.307. The van der Waals surface area contributed by atoms with E-state index in [9.17, 15) is 4.79 Å². The summed E-state index contributed by atoms with van der Waals surface area (Å²) in [7, 11) is 1.76. The Hall–Kier alpha value is -1.85. The molecule has 2 heterocycles. The smallest absolute Gasteiger partial charge is 0.237 e. The molecule has 2 N–H and O–H groups in total. The van der Waals surface area contributed by atoms with Crippen LogP contribution in [0.5, 0.6) is 0 Å². The van der Waals surface area contributed by atoms with Gasteiger partial charge < -0.3 is 15.0 Å². The number of aromatic nitrogens is 1. The molecule has 3 rings (SSSR count). The van der Waals surface area contributed by atoms with Crippen LogP contribution in [0.4, 0.5) is 0 Å². The van der Waals surface area contributed by atoms with E-state index in [2.05, 4.69) is 30.0 Å². The number of nitrogens with zero attached hydrogens (tertiary/aromatic N) is 2. The lowest BCUT2D eigenvalue weighted by Crippen LogP contribution is -2.32. The molecule has 1 aliphatic heterocycles. The maximum Gasteiger partial charge on any atom is 0.237 e. The molecule has 0 spiro atoms. The average molecular weight is 315 g/mol. The zero-order valence-corrected chi connectivity index (χ0v) is 13.9. The lowest BCUT2D eigenvalue weighted by atomic mass is 10.1. The van der Waals surface area contributed by atoms with E-state index < -0.39 is 0 Å². The van der Waals surface area contributed by atoms with Crippen LogP contribution in [-0.2, 0) is 22.6 Å². The number of hydrogen-bond donors (Lipinski definition) is 1. The minimum Gasteiger partial charge on any atom is -0.383 e. The summed E-state index contributed by atoms with van der Waals surface area (Å²) in [5.41, 5.74) is 8.95. The molecule has 1 aliphatic rings. The Morgan fingerprint density at radius 2 is 2.17 bits per heavy atom. The second-order valence-corrected chi connectivity index (χ2v) is 6.36. The summed E-state index contributed by atoms with van der Waals surface area (Å²) in [5, 5.41) is 1.22. The Bertz CT molecular complexity index is 708. The lowest BCUT2D eigenvalue weighted by molar-refractivity contribution is -0.118. The van der Waals surface area contributed by atoms with Gasteiger partial charge in [0.15, 0.2) is 0 Å². The summed E-state index contributed by atoms with van der Waals surface area (Å²) in [4.78, 5) is 13.9. The van der Waals surface area contributed by atoms with E-state index in [-0.39, 0.29) is 12.5 Å². The van der Waals surface area contributed by atoms with Gasteiger partial charge in [-0.3, -0.25) is 9.69 Å². The molecule has 0 bridgehead atoms. The highest BCUT2D eigenvalue weighted by Gasteiger charge is 2.26. The predicted molar refractivity (Wildman–Crippen MR) is 91.2 cm³/mol. The average Bonchev–Trinajstić information content (AvgIpc) is 3.06. The maximum absolute atomic E-state index is 11.4. The number of primary amides is 1. The van der Waals surface area contributed by atoms with Crippen LogP contribution < -0.4 is 5.73 Å². The van der Waals surface area contributed by atoms with Crippen LogP contribution in [-0.4, -0.2) is 41.7 Å². The van der Waals surface area contributed by atoms with E-state index in [0.717, 1.165) is 30.9 Å². The van der Waals surface area contributed by atoms with Gasteiger partial charge in [-0.05, 0) is 37.9 Å². The second-order valence-electron chi connectivity index (χ2n) is 6.36. The van der Waals surface area contributed by atoms with Gasteiger partial charge in [0, 0.05) is 36.3 Å². The molecule has 0 unspecified atom stereocenters. The summed E-state index contributed by atoms with van der Waals surface area (Å²) in [5.74, 6) is -0.307. The van der Waals surface area contributed by atoms with Crippen molar-refractivity contribution in [1.29, 1.82) is 0 Å². The van der Waals surface area contributed by atoms with Crippen LogP contribution in [0, 0.1) is 6.92 Å². The number of likely N-dealkylation sites (tertiary alicyclic amines) is 1. The summed E-state index contributed by atoms with van der Waals surface area (Å²) >= 11 is 0. The zero-order valence-electron chi connectivity index (χ0n) is 13.9. The number of carbonyl (C=O) groups is 1. The number of para-hydroxylation sites is 1. The fourth-order valence-electron chi connectivity index (χ4n) is 3.75. The predicted octanol–water partition coefficient (Wildman–Crippen LogP) is 2.05. The second kappa shape index (κ2) is 6.72. The van der Waals surface area contributed by atoms with Crippen molar-refractivity contribution in [2.45, 2.75) is 38.9 Å². The first-order valence-corrected chi connectivity index (χ1v) is 8.19. The molecule has 1 amide bonds. The summed E-state index contributed by atoms with van der Waals surface area (Å²) in [6.45, 7) is 5.08. The van der Waals surface area contributed by atoms with E-state index in [0.29, 0.717) is 6.04 Å². The van der Waals surface area contributed by atoms with Crippen LogP contribution in [0.1, 0.15) is 24.1 Å². The van der Waals surface area contributed by atoms with E-state index in [4.69, 9.17) is 10.5 Å². The number of rotatable bonds is 6. The fourth-order valence-corrected chi connectivity index (χ4v) is 3.75. The molecular formula is C18H25N3O2. The summed E-state index contributed by atoms with van der Waals surface area (Å²) in [6.07, 6.45) is 2.40. The van der Waals surface area contributed by atoms with Crippen molar-refractivity contribution in [2.75, 3.05) is 20.3 Å². The number of fused-ring (bicyclic) bond motifs is 1. The number of amides is 1. The molecule has 23 heavy (non-hydrogen) atoms. The Morgan fingerprint density at radius 1 is 1.39 bits per heavy atom. The number of hydrogen-bond acceptors (Lipinski definition) is 3. The van der Waals surface area contributed by atoms with Crippen molar-refractivity contribution in [2.24, 2.45) is 5.73 Å². The normalized spacial score (nSPS) is 18.8. The Labute approximate surface area is 137 Å². The largest absolute Gasteiger partial charge is 0.383 e. The van der Waals surface area contributed by atoms with Crippen LogP contribution in [0.2, 0.25) is 0 Å². The molecule has 1 aromatic carbocycles. The van der Waals surface area contributed by atoms with E-state index >= 15 is 0 Å². The Morgan fingerprint density at radius 3 is 2.91 bits per heavy atom. The van der Waals surface area contributed by atoms with Gasteiger partial charge in [0.2, 0.25) is 5.91 Å². The van der Waals surface area contributed by atoms with Gasteiger partial charge in [-0.1, -0.05) is 18.2 Å². The number of ether oxygens (including phenoxy) is 1. The third-order valence-corrected chi connectivity index (χ3v) is 4.89. The van der Waals surface area contributed by atoms with Crippen LogP contribution in [0.25, 0.3) is 10.9 Å². The van der Waals surface area contributed by atoms with Crippen molar-refractivity contribution in [3.63, 3.8) is 0 Å². The van der Waals surface area contributed by atoms with Crippen molar-refractivity contribution < 1.29 is 9.53 Å². The molecule has 2 aromatic rings. The topological polar surface area (TPSA) is 60.5 Å². The lowest BCUT2D eigenvalue weighted by Gasteiger charge is -2.24. The number of benzene rings is 1. The number of methoxy groups -OCH3 is 1. The molecule has 1 aromatic heterocycles. The van der Waals surface area contributed by atoms with Crippen LogP contribution in [0.15, 0.2) is 24.3 Å². The Kier molecular flexibility index (Phi) is 4.68. The molecule has 5 heteroatoms. The van der Waals surface area contributed by atoms with Gasteiger partial charge in [-0.15, -0.1) is 0 Å². The van der Waals surface area contributed by atoms with Gasteiger partial charge >= 0.3 is 0 Å². The number of nitrogens with two attached hydrogens (primary N) is 1. The highest BCUT2D eigenvalue weighted by molar-refractivity contribution is 5.87. The monoisotopic (exact) mass is 315 g/mol. The third kappa shape index (κ3) is 3.12.